The highest BCUT2D eigenvalue weighted by Crippen LogP contribution is 2.24. The van der Waals surface area contributed by atoms with Gasteiger partial charge in [0.05, 0.1) is 0 Å². The van der Waals surface area contributed by atoms with Crippen molar-refractivity contribution in [2.45, 2.75) is 19.8 Å². The van der Waals surface area contributed by atoms with Crippen LogP contribution >= 0.6 is 0 Å². The molecule has 0 spiro atoms. The Balaban J connectivity index is 1.73. The molecule has 0 heterocycles. The molecule has 0 aliphatic heterocycles. The first-order chi connectivity index (χ1) is 12.6. The number of carbonyl (C=O) groups is 1. The number of aryl methyl sites for hydroxylation is 2. The molecule has 2 N–H and O–H groups in total. The molecule has 0 radical (unpaired) electrons. The maximum Gasteiger partial charge on any atom is 0.319 e. The zero-order chi connectivity index (χ0) is 18.4. The Hall–Kier alpha value is -3.07. The van der Waals surface area contributed by atoms with Crippen molar-refractivity contribution < 1.29 is 4.79 Å². The monoisotopic (exact) mass is 344 g/mol. The minimum Gasteiger partial charge on any atom is -0.337 e. The predicted octanol–water partition coefficient (Wildman–Crippen LogP) is 5.26. The van der Waals surface area contributed by atoms with Crippen molar-refractivity contribution >= 4 is 11.7 Å². The lowest BCUT2D eigenvalue weighted by atomic mass is 9.91. The van der Waals surface area contributed by atoms with E-state index in [4.69, 9.17) is 0 Å². The molecule has 0 fully saturated rings. The largest absolute Gasteiger partial charge is 0.337 e. The van der Waals surface area contributed by atoms with Gasteiger partial charge in [0.15, 0.2) is 0 Å². The van der Waals surface area contributed by atoms with Gasteiger partial charge in [-0.1, -0.05) is 78.9 Å². The summed E-state index contributed by atoms with van der Waals surface area (Å²) in [5.41, 5.74) is 5.36. The fourth-order valence-electron chi connectivity index (χ4n) is 3.16. The van der Waals surface area contributed by atoms with Gasteiger partial charge >= 0.3 is 6.03 Å². The SMILES string of the molecule is Cc1cccc(C)c1NC(=O)NCC(c1ccccc1)c1ccccc1. The molecular weight excluding hydrogens is 320 g/mol. The first kappa shape index (κ1) is 17.7. The van der Waals surface area contributed by atoms with Crippen LogP contribution in [0.25, 0.3) is 0 Å². The topological polar surface area (TPSA) is 41.1 Å². The van der Waals surface area contributed by atoms with Crippen molar-refractivity contribution in [1.82, 2.24) is 5.32 Å². The quantitative estimate of drug-likeness (QED) is 0.651. The minimum absolute atomic E-state index is 0.112. The normalized spacial score (nSPS) is 10.6. The van der Waals surface area contributed by atoms with E-state index in [0.717, 1.165) is 16.8 Å². The lowest BCUT2D eigenvalue weighted by molar-refractivity contribution is 0.252. The molecule has 3 aromatic carbocycles. The van der Waals surface area contributed by atoms with Crippen molar-refractivity contribution in [3.8, 4) is 0 Å². The summed E-state index contributed by atoms with van der Waals surface area (Å²) in [6.45, 7) is 4.53. The molecule has 0 saturated carbocycles. The Labute approximate surface area is 155 Å². The minimum atomic E-state index is -0.181. The standard InChI is InChI=1S/C23H24N2O/c1-17-10-9-11-18(2)22(17)25-23(26)24-16-21(19-12-5-3-6-13-19)20-14-7-4-8-15-20/h3-15,21H,16H2,1-2H3,(H2,24,25,26). The molecule has 0 atom stereocenters. The molecule has 3 nitrogen and oxygen atoms in total. The zero-order valence-corrected chi connectivity index (χ0v) is 15.2. The van der Waals surface area contributed by atoms with Crippen molar-refractivity contribution in [3.63, 3.8) is 0 Å². The molecule has 3 aromatic rings. The summed E-state index contributed by atoms with van der Waals surface area (Å²) in [4.78, 5) is 12.5. The van der Waals surface area contributed by atoms with E-state index in [0.29, 0.717) is 6.54 Å². The van der Waals surface area contributed by atoms with E-state index >= 15 is 0 Å². The number of anilines is 1. The third-order valence-electron chi connectivity index (χ3n) is 4.59. The van der Waals surface area contributed by atoms with Crippen molar-refractivity contribution in [3.05, 3.63) is 101 Å². The Kier molecular flexibility index (Phi) is 5.69. The van der Waals surface area contributed by atoms with Crippen molar-refractivity contribution in [1.29, 1.82) is 0 Å². The maximum atomic E-state index is 12.5. The molecule has 3 rings (SSSR count). The number of carbonyl (C=O) groups excluding carboxylic acids is 1. The summed E-state index contributed by atoms with van der Waals surface area (Å²) in [7, 11) is 0. The van der Waals surface area contributed by atoms with Crippen LogP contribution in [0.3, 0.4) is 0 Å². The van der Waals surface area contributed by atoms with Gasteiger partial charge in [-0.05, 0) is 36.1 Å². The Morgan fingerprint density at radius 3 is 1.77 bits per heavy atom. The van der Waals surface area contributed by atoms with Gasteiger partial charge < -0.3 is 10.6 Å². The van der Waals surface area contributed by atoms with Gasteiger partial charge in [-0.15, -0.1) is 0 Å². The second-order valence-corrected chi connectivity index (χ2v) is 6.48. The van der Waals surface area contributed by atoms with E-state index in [1.165, 1.54) is 11.1 Å². The molecule has 0 bridgehead atoms. The van der Waals surface area contributed by atoms with Crippen LogP contribution in [0.15, 0.2) is 78.9 Å². The van der Waals surface area contributed by atoms with Crippen LogP contribution in [-0.2, 0) is 0 Å². The second-order valence-electron chi connectivity index (χ2n) is 6.48. The zero-order valence-electron chi connectivity index (χ0n) is 15.2. The number of urea groups is 1. The number of amides is 2. The summed E-state index contributed by atoms with van der Waals surface area (Å²) in [5.74, 6) is 0.112. The third kappa shape index (κ3) is 4.31. The smallest absolute Gasteiger partial charge is 0.319 e. The fraction of sp³-hybridized carbons (Fsp3) is 0.174. The summed E-state index contributed by atoms with van der Waals surface area (Å²) in [6.07, 6.45) is 0. The Morgan fingerprint density at radius 1 is 0.769 bits per heavy atom. The number of nitrogens with one attached hydrogen (secondary N) is 2. The highest BCUT2D eigenvalue weighted by Gasteiger charge is 2.15. The lowest BCUT2D eigenvalue weighted by Crippen LogP contribution is -2.33. The van der Waals surface area contributed by atoms with Gasteiger partial charge in [0.1, 0.15) is 0 Å². The summed E-state index contributed by atoms with van der Waals surface area (Å²) >= 11 is 0. The summed E-state index contributed by atoms with van der Waals surface area (Å²) in [6, 6.07) is 26.3. The van der Waals surface area contributed by atoms with Crippen LogP contribution in [0.4, 0.5) is 10.5 Å². The van der Waals surface area contributed by atoms with E-state index < -0.39 is 0 Å². The van der Waals surface area contributed by atoms with E-state index in [9.17, 15) is 4.79 Å². The van der Waals surface area contributed by atoms with Crippen molar-refractivity contribution in [2.24, 2.45) is 0 Å². The maximum absolute atomic E-state index is 12.5. The van der Waals surface area contributed by atoms with Crippen LogP contribution in [0.5, 0.6) is 0 Å². The van der Waals surface area contributed by atoms with Gasteiger partial charge in [0.25, 0.3) is 0 Å². The van der Waals surface area contributed by atoms with Gasteiger partial charge in [0.2, 0.25) is 0 Å². The lowest BCUT2D eigenvalue weighted by Gasteiger charge is -2.19. The van der Waals surface area contributed by atoms with Crippen LogP contribution in [0.1, 0.15) is 28.2 Å². The average Bonchev–Trinajstić information content (AvgIpc) is 2.67. The number of hydrogen-bond donors (Lipinski definition) is 2. The van der Waals surface area contributed by atoms with Gasteiger partial charge in [-0.3, -0.25) is 0 Å². The van der Waals surface area contributed by atoms with E-state index in [1.807, 2.05) is 68.4 Å². The van der Waals surface area contributed by atoms with Crippen LogP contribution in [0.2, 0.25) is 0 Å². The molecule has 0 aliphatic carbocycles. The predicted molar refractivity (Wildman–Crippen MR) is 108 cm³/mol. The highest BCUT2D eigenvalue weighted by molar-refractivity contribution is 5.91. The molecule has 0 unspecified atom stereocenters. The van der Waals surface area contributed by atoms with E-state index in [1.54, 1.807) is 0 Å². The van der Waals surface area contributed by atoms with Gasteiger partial charge in [-0.2, -0.15) is 0 Å². The van der Waals surface area contributed by atoms with Gasteiger partial charge in [0, 0.05) is 18.2 Å². The van der Waals surface area contributed by atoms with Crippen LogP contribution in [-0.4, -0.2) is 12.6 Å². The molecule has 26 heavy (non-hydrogen) atoms. The number of benzene rings is 3. The Bertz CT molecular complexity index is 800. The molecule has 132 valence electrons. The van der Waals surface area contributed by atoms with Gasteiger partial charge in [-0.25, -0.2) is 4.79 Å². The number of para-hydroxylation sites is 1. The number of hydrogen-bond acceptors (Lipinski definition) is 1. The van der Waals surface area contributed by atoms with Crippen molar-refractivity contribution in [2.75, 3.05) is 11.9 Å². The number of rotatable bonds is 5. The third-order valence-corrected chi connectivity index (χ3v) is 4.59. The average molecular weight is 344 g/mol. The fourth-order valence-corrected chi connectivity index (χ4v) is 3.16. The summed E-state index contributed by atoms with van der Waals surface area (Å²) in [5, 5.41) is 6.02. The molecular formula is C23H24N2O. The Morgan fingerprint density at radius 2 is 1.27 bits per heavy atom. The van der Waals surface area contributed by atoms with E-state index in [2.05, 4.69) is 34.9 Å². The highest BCUT2D eigenvalue weighted by atomic mass is 16.2. The first-order valence-corrected chi connectivity index (χ1v) is 8.86. The van der Waals surface area contributed by atoms with E-state index in [-0.39, 0.29) is 11.9 Å². The summed E-state index contributed by atoms with van der Waals surface area (Å²) < 4.78 is 0. The van der Waals surface area contributed by atoms with Crippen LogP contribution < -0.4 is 10.6 Å². The molecule has 0 aromatic heterocycles. The van der Waals surface area contributed by atoms with Crippen LogP contribution in [0, 0.1) is 13.8 Å². The molecule has 0 aliphatic rings. The molecule has 0 saturated heterocycles. The first-order valence-electron chi connectivity index (χ1n) is 8.86. The second kappa shape index (κ2) is 8.34. The molecule has 2 amide bonds. The molecule has 3 heteroatoms.